The normalized spacial score (nSPS) is 10.2. The molecule has 0 unspecified atom stereocenters. The Hall–Kier alpha value is -3.95. The zero-order valence-corrected chi connectivity index (χ0v) is 15.5. The van der Waals surface area contributed by atoms with E-state index in [1.54, 1.807) is 30.5 Å². The number of nitrogens with one attached hydrogen (secondary N) is 2. The van der Waals surface area contributed by atoms with E-state index in [1.807, 2.05) is 13.0 Å². The third-order valence-corrected chi connectivity index (χ3v) is 3.83. The van der Waals surface area contributed by atoms with E-state index in [0.29, 0.717) is 23.0 Å². The Kier molecular flexibility index (Phi) is 5.49. The lowest BCUT2D eigenvalue weighted by Gasteiger charge is -2.13. The summed E-state index contributed by atoms with van der Waals surface area (Å²) in [6.45, 7) is 1.89. The van der Waals surface area contributed by atoms with Gasteiger partial charge in [0.2, 0.25) is 11.6 Å². The van der Waals surface area contributed by atoms with Gasteiger partial charge in [0.25, 0.3) is 0 Å². The van der Waals surface area contributed by atoms with Crippen molar-refractivity contribution >= 4 is 28.8 Å². The molecular weight excluding hydrogens is 364 g/mol. The fourth-order valence-corrected chi connectivity index (χ4v) is 2.49. The molecule has 0 saturated heterocycles. The molecule has 10 nitrogen and oxygen atoms in total. The van der Waals surface area contributed by atoms with Gasteiger partial charge in [-0.1, -0.05) is 0 Å². The van der Waals surface area contributed by atoms with Gasteiger partial charge in [-0.15, -0.1) is 0 Å². The second-order valence-electron chi connectivity index (χ2n) is 5.71. The van der Waals surface area contributed by atoms with E-state index in [2.05, 4.69) is 25.6 Å². The molecule has 3 rings (SSSR count). The van der Waals surface area contributed by atoms with Gasteiger partial charge in [0, 0.05) is 12.3 Å². The summed E-state index contributed by atoms with van der Waals surface area (Å²) < 4.78 is 10.5. The van der Waals surface area contributed by atoms with Crippen molar-refractivity contribution in [3.63, 3.8) is 0 Å². The number of hydrogen-bond acceptors (Lipinski definition) is 9. The number of aromatic nitrogens is 3. The van der Waals surface area contributed by atoms with E-state index in [9.17, 15) is 10.1 Å². The summed E-state index contributed by atoms with van der Waals surface area (Å²) in [5.41, 5.74) is 1.13. The van der Waals surface area contributed by atoms with Gasteiger partial charge in [-0.2, -0.15) is 0 Å². The Morgan fingerprint density at radius 3 is 2.39 bits per heavy atom. The van der Waals surface area contributed by atoms with Crippen molar-refractivity contribution in [2.75, 3.05) is 24.9 Å². The lowest BCUT2D eigenvalue weighted by molar-refractivity contribution is -0.383. The van der Waals surface area contributed by atoms with Gasteiger partial charge in [-0.05, 0) is 36.8 Å². The minimum absolute atomic E-state index is 0.0126. The van der Waals surface area contributed by atoms with Crippen molar-refractivity contribution in [3.8, 4) is 11.5 Å². The minimum atomic E-state index is -0.559. The van der Waals surface area contributed by atoms with Crippen LogP contribution in [0.5, 0.6) is 11.5 Å². The first-order valence-corrected chi connectivity index (χ1v) is 8.20. The molecule has 0 fully saturated rings. The first-order valence-electron chi connectivity index (χ1n) is 8.20. The van der Waals surface area contributed by atoms with E-state index in [1.165, 1.54) is 20.5 Å². The number of rotatable bonds is 7. The van der Waals surface area contributed by atoms with Gasteiger partial charge in [0.15, 0.2) is 0 Å². The molecule has 2 aromatic heterocycles. The summed E-state index contributed by atoms with van der Waals surface area (Å²) in [6.07, 6.45) is 2.83. The largest absolute Gasteiger partial charge is 0.497 e. The summed E-state index contributed by atoms with van der Waals surface area (Å²) in [7, 11) is 3.03. The highest BCUT2D eigenvalue weighted by Crippen LogP contribution is 2.36. The molecule has 0 aliphatic heterocycles. The Bertz CT molecular complexity index is 1010. The number of nitrogens with zero attached hydrogens (tertiary/aromatic N) is 4. The van der Waals surface area contributed by atoms with Crippen molar-refractivity contribution in [2.24, 2.45) is 0 Å². The molecule has 2 heterocycles. The van der Waals surface area contributed by atoms with Crippen molar-refractivity contribution in [2.45, 2.75) is 6.92 Å². The Balaban J connectivity index is 1.99. The number of pyridine rings is 1. The highest BCUT2D eigenvalue weighted by atomic mass is 16.6. The third kappa shape index (κ3) is 4.06. The van der Waals surface area contributed by atoms with Crippen molar-refractivity contribution < 1.29 is 14.4 Å². The van der Waals surface area contributed by atoms with Crippen LogP contribution in [0.3, 0.4) is 0 Å². The van der Waals surface area contributed by atoms with Gasteiger partial charge in [-0.3, -0.25) is 10.1 Å². The average Bonchev–Trinajstić information content (AvgIpc) is 2.68. The summed E-state index contributed by atoms with van der Waals surface area (Å²) in [4.78, 5) is 23.3. The van der Waals surface area contributed by atoms with Crippen LogP contribution in [0.1, 0.15) is 5.56 Å². The molecule has 0 saturated carbocycles. The fourth-order valence-electron chi connectivity index (χ4n) is 2.49. The summed E-state index contributed by atoms with van der Waals surface area (Å²) in [6, 6.07) is 8.62. The Labute approximate surface area is 160 Å². The number of methoxy groups -OCH3 is 2. The second-order valence-corrected chi connectivity index (χ2v) is 5.71. The maximum Gasteiger partial charge on any atom is 0.353 e. The first-order chi connectivity index (χ1) is 13.5. The minimum Gasteiger partial charge on any atom is -0.497 e. The molecule has 10 heteroatoms. The molecule has 0 aliphatic rings. The predicted molar refractivity (Wildman–Crippen MR) is 104 cm³/mol. The van der Waals surface area contributed by atoms with E-state index in [-0.39, 0.29) is 17.3 Å². The molecule has 0 spiro atoms. The number of hydrogen-bond donors (Lipinski definition) is 2. The van der Waals surface area contributed by atoms with Crippen LogP contribution in [0.2, 0.25) is 0 Å². The van der Waals surface area contributed by atoms with Gasteiger partial charge in [0.1, 0.15) is 23.6 Å². The molecule has 144 valence electrons. The number of nitro groups is 1. The smallest absolute Gasteiger partial charge is 0.353 e. The average molecular weight is 382 g/mol. The highest BCUT2D eigenvalue weighted by Gasteiger charge is 2.24. The predicted octanol–water partition coefficient (Wildman–Crippen LogP) is 3.59. The van der Waals surface area contributed by atoms with Gasteiger partial charge < -0.3 is 20.1 Å². The van der Waals surface area contributed by atoms with Crippen LogP contribution in [0.4, 0.5) is 28.8 Å². The van der Waals surface area contributed by atoms with Crippen molar-refractivity contribution in [1.29, 1.82) is 0 Å². The van der Waals surface area contributed by atoms with E-state index >= 15 is 0 Å². The fraction of sp³-hybridized carbons (Fsp3) is 0.167. The zero-order valence-electron chi connectivity index (χ0n) is 15.5. The quantitative estimate of drug-likeness (QED) is 0.466. The lowest BCUT2D eigenvalue weighted by atomic mass is 10.2. The molecule has 0 radical (unpaired) electrons. The van der Waals surface area contributed by atoms with Gasteiger partial charge in [0.05, 0.1) is 24.8 Å². The highest BCUT2D eigenvalue weighted by molar-refractivity contribution is 5.78. The standard InChI is InChI=1S/C18H18N6O4/c1-11-6-7-19-15(8-11)23-18-16(24(25)26)17(20-10-21-18)22-13-5-4-12(27-2)9-14(13)28-3/h4-10H,1-3H3,(H2,19,20,21,22,23). The molecule has 0 atom stereocenters. The number of benzene rings is 1. The van der Waals surface area contributed by atoms with Crippen LogP contribution < -0.4 is 20.1 Å². The van der Waals surface area contributed by atoms with Crippen LogP contribution in [-0.4, -0.2) is 34.1 Å². The Morgan fingerprint density at radius 2 is 1.75 bits per heavy atom. The third-order valence-electron chi connectivity index (χ3n) is 3.83. The molecule has 3 aromatic rings. The van der Waals surface area contributed by atoms with E-state index in [4.69, 9.17) is 9.47 Å². The van der Waals surface area contributed by atoms with Crippen molar-refractivity contribution in [3.05, 3.63) is 58.5 Å². The van der Waals surface area contributed by atoms with Crippen LogP contribution in [-0.2, 0) is 0 Å². The lowest BCUT2D eigenvalue weighted by Crippen LogP contribution is -2.06. The summed E-state index contributed by atoms with van der Waals surface area (Å²) >= 11 is 0. The number of ether oxygens (including phenoxy) is 2. The van der Waals surface area contributed by atoms with Crippen LogP contribution in [0.15, 0.2) is 42.9 Å². The topological polar surface area (TPSA) is 124 Å². The molecule has 0 bridgehead atoms. The van der Waals surface area contributed by atoms with Crippen LogP contribution in [0, 0.1) is 17.0 Å². The van der Waals surface area contributed by atoms with Crippen molar-refractivity contribution in [1.82, 2.24) is 15.0 Å². The molecule has 28 heavy (non-hydrogen) atoms. The van der Waals surface area contributed by atoms with Gasteiger partial charge in [-0.25, -0.2) is 15.0 Å². The molecule has 0 amide bonds. The number of anilines is 4. The van der Waals surface area contributed by atoms with E-state index < -0.39 is 4.92 Å². The maximum atomic E-state index is 11.7. The van der Waals surface area contributed by atoms with Crippen LogP contribution in [0.25, 0.3) is 0 Å². The molecular formula is C18H18N6O4. The Morgan fingerprint density at radius 1 is 1.00 bits per heavy atom. The molecule has 1 aromatic carbocycles. The molecule has 0 aliphatic carbocycles. The number of aryl methyl sites for hydroxylation is 1. The van der Waals surface area contributed by atoms with Gasteiger partial charge >= 0.3 is 5.69 Å². The molecule has 2 N–H and O–H groups in total. The first kappa shape index (κ1) is 18.8. The van der Waals surface area contributed by atoms with Crippen LogP contribution >= 0.6 is 0 Å². The SMILES string of the molecule is COc1ccc(Nc2ncnc(Nc3cc(C)ccn3)c2[N+](=O)[O-])c(OC)c1. The summed E-state index contributed by atoms with van der Waals surface area (Å²) in [5.74, 6) is 1.51. The monoisotopic (exact) mass is 382 g/mol. The maximum absolute atomic E-state index is 11.7. The zero-order chi connectivity index (χ0) is 20.1. The summed E-state index contributed by atoms with van der Waals surface area (Å²) in [5, 5.41) is 17.5. The second kappa shape index (κ2) is 8.16. The van der Waals surface area contributed by atoms with E-state index in [0.717, 1.165) is 5.56 Å².